The summed E-state index contributed by atoms with van der Waals surface area (Å²) in [6.45, 7) is 2.43. The lowest BCUT2D eigenvalue weighted by atomic mass is 9.84. The number of rotatable bonds is 8. The van der Waals surface area contributed by atoms with Crippen LogP contribution in [0.15, 0.2) is 54.6 Å². The fourth-order valence-corrected chi connectivity index (χ4v) is 3.01. The van der Waals surface area contributed by atoms with E-state index in [4.69, 9.17) is 5.11 Å². The Hall–Kier alpha value is -2.29. The minimum Gasteiger partial charge on any atom is -0.450 e. The molecule has 0 aromatic heterocycles. The van der Waals surface area contributed by atoms with Crippen molar-refractivity contribution in [3.05, 3.63) is 71.3 Å². The van der Waals surface area contributed by atoms with Crippen molar-refractivity contribution in [3.8, 4) is 0 Å². The molecule has 2 rings (SSSR count). The lowest BCUT2D eigenvalue weighted by Crippen LogP contribution is -2.08. The molecule has 23 heavy (non-hydrogen) atoms. The summed E-state index contributed by atoms with van der Waals surface area (Å²) >= 11 is 0. The van der Waals surface area contributed by atoms with Crippen molar-refractivity contribution < 1.29 is 14.6 Å². The predicted octanol–water partition coefficient (Wildman–Crippen LogP) is 5.25. The highest BCUT2D eigenvalue weighted by Crippen LogP contribution is 2.32. The molecule has 0 fully saturated rings. The van der Waals surface area contributed by atoms with Crippen LogP contribution in [-0.2, 0) is 11.2 Å². The molecule has 2 aromatic carbocycles. The van der Waals surface area contributed by atoms with Gasteiger partial charge in [0.15, 0.2) is 0 Å². The van der Waals surface area contributed by atoms with Gasteiger partial charge in [-0.2, -0.15) is 0 Å². The summed E-state index contributed by atoms with van der Waals surface area (Å²) in [5.41, 5.74) is 3.99. The van der Waals surface area contributed by atoms with Crippen LogP contribution in [0.1, 0.15) is 48.8 Å². The molecule has 0 amide bonds. The molecule has 3 heteroatoms. The van der Waals surface area contributed by atoms with E-state index in [9.17, 15) is 4.79 Å². The zero-order valence-electron chi connectivity index (χ0n) is 13.6. The van der Waals surface area contributed by atoms with Crippen LogP contribution in [0.25, 0.3) is 0 Å². The third-order valence-electron chi connectivity index (χ3n) is 4.01. The summed E-state index contributed by atoms with van der Waals surface area (Å²) in [4.78, 5) is 10.5. The van der Waals surface area contributed by atoms with Crippen LogP contribution in [0.3, 0.4) is 0 Å². The molecule has 0 aliphatic carbocycles. The van der Waals surface area contributed by atoms with Crippen LogP contribution in [0.4, 0.5) is 4.79 Å². The first-order valence-corrected chi connectivity index (χ1v) is 8.20. The molecule has 1 unspecified atom stereocenters. The maximum absolute atomic E-state index is 10.5. The number of carboxylic acid groups (broad SMARTS) is 1. The van der Waals surface area contributed by atoms with Gasteiger partial charge in [-0.05, 0) is 36.0 Å². The highest BCUT2D eigenvalue weighted by molar-refractivity contribution is 5.56. The summed E-state index contributed by atoms with van der Waals surface area (Å²) in [6, 6.07) is 19.0. The van der Waals surface area contributed by atoms with Crippen molar-refractivity contribution in [2.45, 2.75) is 38.5 Å². The Morgan fingerprint density at radius 2 is 1.78 bits per heavy atom. The second-order valence-corrected chi connectivity index (χ2v) is 5.67. The van der Waals surface area contributed by atoms with Gasteiger partial charge >= 0.3 is 6.16 Å². The molecule has 2 aromatic rings. The third-order valence-corrected chi connectivity index (χ3v) is 4.01. The van der Waals surface area contributed by atoms with Crippen LogP contribution in [-0.4, -0.2) is 17.9 Å². The molecule has 122 valence electrons. The Balaban J connectivity index is 2.21. The molecule has 0 aliphatic heterocycles. The van der Waals surface area contributed by atoms with Crippen LogP contribution < -0.4 is 0 Å². The van der Waals surface area contributed by atoms with Gasteiger partial charge in [-0.3, -0.25) is 0 Å². The molecule has 0 aliphatic rings. The minimum absolute atomic E-state index is 0.245. The largest absolute Gasteiger partial charge is 0.505 e. The fourth-order valence-electron chi connectivity index (χ4n) is 3.01. The van der Waals surface area contributed by atoms with Crippen LogP contribution in [0, 0.1) is 0 Å². The van der Waals surface area contributed by atoms with Crippen molar-refractivity contribution in [2.24, 2.45) is 0 Å². The van der Waals surface area contributed by atoms with Gasteiger partial charge in [0, 0.05) is 5.92 Å². The van der Waals surface area contributed by atoms with E-state index < -0.39 is 6.16 Å². The quantitative estimate of drug-likeness (QED) is 0.535. The average molecular weight is 312 g/mol. The summed E-state index contributed by atoms with van der Waals surface area (Å²) in [6.07, 6.45) is 2.56. The molecule has 0 saturated heterocycles. The van der Waals surface area contributed by atoms with Gasteiger partial charge in [0.2, 0.25) is 0 Å². The minimum atomic E-state index is -1.20. The summed E-state index contributed by atoms with van der Waals surface area (Å²) < 4.78 is 4.66. The molecule has 1 N–H and O–H groups in total. The van der Waals surface area contributed by atoms with Crippen LogP contribution in [0.2, 0.25) is 0 Å². The molecule has 0 bridgehead atoms. The normalized spacial score (nSPS) is 11.9. The molecule has 0 saturated carbocycles. The Bertz CT molecular complexity index is 607. The van der Waals surface area contributed by atoms with E-state index in [1.54, 1.807) is 0 Å². The van der Waals surface area contributed by atoms with Crippen LogP contribution >= 0.6 is 0 Å². The number of benzene rings is 2. The zero-order chi connectivity index (χ0) is 16.5. The first-order valence-electron chi connectivity index (χ1n) is 8.20. The Labute approximate surface area is 137 Å². The standard InChI is InChI=1S/C20H24O3/c1-2-9-16-12-6-7-13-18(16)19(14-8-15-23-20(21)22)17-10-4-3-5-11-17/h3-7,10-13,19H,2,8-9,14-15H2,1H3,(H,21,22). The molecular weight excluding hydrogens is 288 g/mol. The molecular formula is C20H24O3. The second kappa shape index (κ2) is 8.99. The van der Waals surface area contributed by atoms with E-state index in [0.29, 0.717) is 6.42 Å². The zero-order valence-corrected chi connectivity index (χ0v) is 13.6. The van der Waals surface area contributed by atoms with Gasteiger partial charge in [0.1, 0.15) is 0 Å². The first kappa shape index (κ1) is 17.1. The number of ether oxygens (including phenoxy) is 1. The first-order chi connectivity index (χ1) is 11.2. The average Bonchev–Trinajstić information content (AvgIpc) is 2.57. The lowest BCUT2D eigenvalue weighted by molar-refractivity contribution is 0.0898. The lowest BCUT2D eigenvalue weighted by Gasteiger charge is -2.21. The van der Waals surface area contributed by atoms with Gasteiger partial charge in [0.05, 0.1) is 6.61 Å². The summed E-state index contributed by atoms with van der Waals surface area (Å²) in [5, 5.41) is 8.60. The summed E-state index contributed by atoms with van der Waals surface area (Å²) in [7, 11) is 0. The Kier molecular flexibility index (Phi) is 6.67. The van der Waals surface area contributed by atoms with E-state index in [1.807, 2.05) is 6.07 Å². The predicted molar refractivity (Wildman–Crippen MR) is 91.9 cm³/mol. The third kappa shape index (κ3) is 5.13. The molecule has 0 spiro atoms. The fraction of sp³-hybridized carbons (Fsp3) is 0.350. The van der Waals surface area contributed by atoms with Crippen molar-refractivity contribution in [2.75, 3.05) is 6.61 Å². The number of hydrogen-bond donors (Lipinski definition) is 1. The molecule has 1 atom stereocenters. The molecule has 3 nitrogen and oxygen atoms in total. The van der Waals surface area contributed by atoms with Crippen LogP contribution in [0.5, 0.6) is 0 Å². The van der Waals surface area contributed by atoms with Crippen molar-refractivity contribution in [1.29, 1.82) is 0 Å². The van der Waals surface area contributed by atoms with Crippen molar-refractivity contribution >= 4 is 6.16 Å². The van der Waals surface area contributed by atoms with E-state index in [0.717, 1.165) is 19.3 Å². The number of hydrogen-bond acceptors (Lipinski definition) is 2. The van der Waals surface area contributed by atoms with E-state index in [1.165, 1.54) is 16.7 Å². The SMILES string of the molecule is CCCc1ccccc1C(CCCOC(=O)O)c1ccccc1. The van der Waals surface area contributed by atoms with Gasteiger partial charge in [0.25, 0.3) is 0 Å². The number of carbonyl (C=O) groups is 1. The maximum Gasteiger partial charge on any atom is 0.505 e. The monoisotopic (exact) mass is 312 g/mol. The summed E-state index contributed by atoms with van der Waals surface area (Å²) in [5.74, 6) is 0.274. The Morgan fingerprint density at radius 3 is 2.48 bits per heavy atom. The highest BCUT2D eigenvalue weighted by atomic mass is 16.7. The second-order valence-electron chi connectivity index (χ2n) is 5.67. The Morgan fingerprint density at radius 1 is 1.09 bits per heavy atom. The van der Waals surface area contributed by atoms with E-state index in [2.05, 4.69) is 60.2 Å². The van der Waals surface area contributed by atoms with E-state index in [-0.39, 0.29) is 12.5 Å². The number of aryl methyl sites for hydroxylation is 1. The van der Waals surface area contributed by atoms with Crippen molar-refractivity contribution in [1.82, 2.24) is 0 Å². The van der Waals surface area contributed by atoms with E-state index >= 15 is 0 Å². The highest BCUT2D eigenvalue weighted by Gasteiger charge is 2.17. The topological polar surface area (TPSA) is 46.5 Å². The smallest absolute Gasteiger partial charge is 0.450 e. The molecule has 0 radical (unpaired) electrons. The van der Waals surface area contributed by atoms with Gasteiger partial charge < -0.3 is 9.84 Å². The van der Waals surface area contributed by atoms with Gasteiger partial charge in [-0.15, -0.1) is 0 Å². The van der Waals surface area contributed by atoms with Gasteiger partial charge in [-0.1, -0.05) is 67.9 Å². The molecule has 0 heterocycles. The van der Waals surface area contributed by atoms with Crippen molar-refractivity contribution in [3.63, 3.8) is 0 Å². The van der Waals surface area contributed by atoms with Gasteiger partial charge in [-0.25, -0.2) is 4.79 Å². The maximum atomic E-state index is 10.5.